The first-order chi connectivity index (χ1) is 8.13. The quantitative estimate of drug-likeness (QED) is 0.670. The van der Waals surface area contributed by atoms with Crippen LogP contribution in [0.15, 0.2) is 18.2 Å². The summed E-state index contributed by atoms with van der Waals surface area (Å²) in [6.45, 7) is 0.450. The molecule has 0 aliphatic heterocycles. The zero-order valence-electron chi connectivity index (χ0n) is 10.2. The number of nitrogens with two attached hydrogens (primary N) is 2. The van der Waals surface area contributed by atoms with Crippen molar-refractivity contribution in [2.45, 2.75) is 18.6 Å². The molecule has 0 spiro atoms. The number of ether oxygens (including phenoxy) is 2. The van der Waals surface area contributed by atoms with Crippen molar-refractivity contribution in [2.75, 3.05) is 20.8 Å². The molecule has 1 aromatic rings. The molecule has 5 N–H and O–H groups in total. The molecule has 2 unspecified atom stereocenters. The van der Waals surface area contributed by atoms with E-state index in [1.165, 1.54) is 0 Å². The lowest BCUT2D eigenvalue weighted by atomic mass is 10.00. The van der Waals surface area contributed by atoms with Gasteiger partial charge in [0.05, 0.1) is 20.3 Å². The number of hydrogen-bond acceptors (Lipinski definition) is 5. The van der Waals surface area contributed by atoms with Crippen molar-refractivity contribution in [1.29, 1.82) is 0 Å². The highest BCUT2D eigenvalue weighted by Crippen LogP contribution is 2.30. The summed E-state index contributed by atoms with van der Waals surface area (Å²) in [5.74, 6) is 1.19. The maximum atomic E-state index is 10.0. The van der Waals surface area contributed by atoms with Gasteiger partial charge in [0.1, 0.15) is 0 Å². The maximum absolute atomic E-state index is 10.0. The van der Waals surface area contributed by atoms with Gasteiger partial charge >= 0.3 is 0 Å². The lowest BCUT2D eigenvalue weighted by Crippen LogP contribution is -2.30. The fourth-order valence-corrected chi connectivity index (χ4v) is 1.63. The molecular weight excluding hydrogens is 220 g/mol. The monoisotopic (exact) mass is 240 g/mol. The lowest BCUT2D eigenvalue weighted by Gasteiger charge is -2.19. The topological polar surface area (TPSA) is 90.7 Å². The summed E-state index contributed by atoms with van der Waals surface area (Å²) in [7, 11) is 3.11. The van der Waals surface area contributed by atoms with Crippen LogP contribution in [0.2, 0.25) is 0 Å². The molecule has 1 aromatic carbocycles. The van der Waals surface area contributed by atoms with Crippen LogP contribution in [-0.4, -0.2) is 31.9 Å². The summed E-state index contributed by atoms with van der Waals surface area (Å²) >= 11 is 0. The predicted molar refractivity (Wildman–Crippen MR) is 66.2 cm³/mol. The molecule has 0 bridgehead atoms. The van der Waals surface area contributed by atoms with E-state index in [2.05, 4.69) is 0 Å². The van der Waals surface area contributed by atoms with E-state index in [-0.39, 0.29) is 6.04 Å². The average molecular weight is 240 g/mol. The standard InChI is InChI=1S/C12H20N2O3/c1-16-10-4-3-8(7-11(10)17-2)12(15)9(14)5-6-13/h3-4,7,9,12,15H,5-6,13-14H2,1-2H3. The number of aliphatic hydroxyl groups excluding tert-OH is 1. The van der Waals surface area contributed by atoms with E-state index in [0.29, 0.717) is 30.0 Å². The molecule has 17 heavy (non-hydrogen) atoms. The molecular formula is C12H20N2O3. The summed E-state index contributed by atoms with van der Waals surface area (Å²) in [4.78, 5) is 0. The van der Waals surface area contributed by atoms with Gasteiger partial charge in [0.15, 0.2) is 11.5 Å². The van der Waals surface area contributed by atoms with Gasteiger partial charge < -0.3 is 26.0 Å². The first-order valence-corrected chi connectivity index (χ1v) is 5.49. The zero-order chi connectivity index (χ0) is 12.8. The van der Waals surface area contributed by atoms with Crippen molar-refractivity contribution in [3.05, 3.63) is 23.8 Å². The summed E-state index contributed by atoms with van der Waals surface area (Å²) in [6.07, 6.45) is -0.187. The van der Waals surface area contributed by atoms with E-state index in [4.69, 9.17) is 20.9 Å². The molecule has 1 rings (SSSR count). The molecule has 0 aliphatic rings. The maximum Gasteiger partial charge on any atom is 0.161 e. The Kier molecular flexibility index (Phi) is 5.21. The van der Waals surface area contributed by atoms with Gasteiger partial charge in [-0.25, -0.2) is 0 Å². The number of methoxy groups -OCH3 is 2. The molecule has 0 aliphatic carbocycles. The van der Waals surface area contributed by atoms with E-state index in [1.807, 2.05) is 0 Å². The van der Waals surface area contributed by atoms with E-state index >= 15 is 0 Å². The molecule has 5 nitrogen and oxygen atoms in total. The minimum absolute atomic E-state index is 0.377. The third-order valence-electron chi connectivity index (χ3n) is 2.65. The van der Waals surface area contributed by atoms with Gasteiger partial charge in [-0.3, -0.25) is 0 Å². The van der Waals surface area contributed by atoms with Crippen molar-refractivity contribution in [3.8, 4) is 11.5 Å². The van der Waals surface area contributed by atoms with Crippen LogP contribution in [0.1, 0.15) is 18.1 Å². The number of benzene rings is 1. The fourth-order valence-electron chi connectivity index (χ4n) is 1.63. The number of rotatable bonds is 6. The van der Waals surface area contributed by atoms with E-state index in [0.717, 1.165) is 0 Å². The SMILES string of the molecule is COc1ccc(C(O)C(N)CCN)cc1OC. The van der Waals surface area contributed by atoms with Crippen LogP contribution >= 0.6 is 0 Å². The van der Waals surface area contributed by atoms with Crippen LogP contribution < -0.4 is 20.9 Å². The lowest BCUT2D eigenvalue weighted by molar-refractivity contribution is 0.143. The smallest absolute Gasteiger partial charge is 0.161 e. The van der Waals surface area contributed by atoms with Crippen molar-refractivity contribution < 1.29 is 14.6 Å². The van der Waals surface area contributed by atoms with Gasteiger partial charge in [0.25, 0.3) is 0 Å². The molecule has 0 aromatic heterocycles. The summed E-state index contributed by atoms with van der Waals surface area (Å²) < 4.78 is 10.3. The highest BCUT2D eigenvalue weighted by Gasteiger charge is 2.17. The Bertz CT molecular complexity index is 358. The predicted octanol–water partition coefficient (Wildman–Crippen LogP) is 0.413. The summed E-state index contributed by atoms with van der Waals surface area (Å²) in [5.41, 5.74) is 11.9. The molecule has 5 heteroatoms. The highest BCUT2D eigenvalue weighted by atomic mass is 16.5. The molecule has 96 valence electrons. The largest absolute Gasteiger partial charge is 0.493 e. The number of aliphatic hydroxyl groups is 1. The second-order valence-corrected chi connectivity index (χ2v) is 3.80. The van der Waals surface area contributed by atoms with Crippen LogP contribution in [0.5, 0.6) is 11.5 Å². The van der Waals surface area contributed by atoms with Crippen LogP contribution in [0.25, 0.3) is 0 Å². The first kappa shape index (κ1) is 13.8. The third-order valence-corrected chi connectivity index (χ3v) is 2.65. The van der Waals surface area contributed by atoms with Crippen LogP contribution in [-0.2, 0) is 0 Å². The van der Waals surface area contributed by atoms with Crippen molar-refractivity contribution >= 4 is 0 Å². The Labute approximate surface area is 101 Å². The van der Waals surface area contributed by atoms with Gasteiger partial charge in [-0.15, -0.1) is 0 Å². The van der Waals surface area contributed by atoms with Crippen molar-refractivity contribution in [1.82, 2.24) is 0 Å². The van der Waals surface area contributed by atoms with Gasteiger partial charge in [-0.1, -0.05) is 6.07 Å². The summed E-state index contributed by atoms with van der Waals surface area (Å²) in [5, 5.41) is 10.0. The number of hydrogen-bond donors (Lipinski definition) is 3. The molecule has 0 radical (unpaired) electrons. The van der Waals surface area contributed by atoms with Gasteiger partial charge in [0.2, 0.25) is 0 Å². The van der Waals surface area contributed by atoms with Gasteiger partial charge in [-0.2, -0.15) is 0 Å². The van der Waals surface area contributed by atoms with Crippen molar-refractivity contribution in [2.24, 2.45) is 11.5 Å². The second-order valence-electron chi connectivity index (χ2n) is 3.80. The van der Waals surface area contributed by atoms with Crippen LogP contribution in [0.4, 0.5) is 0 Å². The Balaban J connectivity index is 2.91. The van der Waals surface area contributed by atoms with E-state index in [1.54, 1.807) is 32.4 Å². The molecule has 0 saturated heterocycles. The first-order valence-electron chi connectivity index (χ1n) is 5.49. The zero-order valence-corrected chi connectivity index (χ0v) is 10.2. The molecule has 0 amide bonds. The Morgan fingerprint density at radius 3 is 2.41 bits per heavy atom. The minimum Gasteiger partial charge on any atom is -0.493 e. The Morgan fingerprint density at radius 2 is 1.88 bits per heavy atom. The average Bonchev–Trinajstić information content (AvgIpc) is 2.37. The van der Waals surface area contributed by atoms with E-state index in [9.17, 15) is 5.11 Å². The normalized spacial score (nSPS) is 14.2. The van der Waals surface area contributed by atoms with Crippen LogP contribution in [0, 0.1) is 0 Å². The molecule has 0 saturated carbocycles. The van der Waals surface area contributed by atoms with Crippen molar-refractivity contribution in [3.63, 3.8) is 0 Å². The molecule has 0 heterocycles. The van der Waals surface area contributed by atoms with Crippen LogP contribution in [0.3, 0.4) is 0 Å². The fraction of sp³-hybridized carbons (Fsp3) is 0.500. The van der Waals surface area contributed by atoms with E-state index < -0.39 is 6.10 Å². The molecule has 0 fully saturated rings. The second kappa shape index (κ2) is 6.44. The minimum atomic E-state index is -0.752. The highest BCUT2D eigenvalue weighted by molar-refractivity contribution is 5.43. The van der Waals surface area contributed by atoms with Gasteiger partial charge in [0, 0.05) is 6.04 Å². The molecule has 2 atom stereocenters. The third kappa shape index (κ3) is 3.33. The Hall–Kier alpha value is -1.30. The Morgan fingerprint density at radius 1 is 1.24 bits per heavy atom. The summed E-state index contributed by atoms with van der Waals surface area (Å²) in [6, 6.07) is 4.85. The van der Waals surface area contributed by atoms with Gasteiger partial charge in [-0.05, 0) is 30.7 Å².